The van der Waals surface area contributed by atoms with Gasteiger partial charge < -0.3 is 9.47 Å². The third kappa shape index (κ3) is 2.07. The fourth-order valence-corrected chi connectivity index (χ4v) is 2.09. The Hall–Kier alpha value is -2.55. The molecule has 0 radical (unpaired) electrons. The quantitative estimate of drug-likeness (QED) is 0.617. The Bertz CT molecular complexity index is 616. The number of carbonyl (C=O) groups is 2. The van der Waals surface area contributed by atoms with E-state index in [9.17, 15) is 9.59 Å². The van der Waals surface area contributed by atoms with E-state index in [0.29, 0.717) is 29.0 Å². The maximum absolute atomic E-state index is 12.3. The second-order valence-electron chi connectivity index (χ2n) is 4.85. The molecule has 20 heavy (non-hydrogen) atoms. The Balaban J connectivity index is 2.68. The van der Waals surface area contributed by atoms with E-state index in [1.807, 2.05) is 6.07 Å². The molecule has 1 amide bonds. The van der Waals surface area contributed by atoms with Crippen LogP contribution in [0, 0.1) is 11.3 Å². The zero-order valence-corrected chi connectivity index (χ0v) is 11.5. The van der Waals surface area contributed by atoms with Crippen molar-refractivity contribution in [3.05, 3.63) is 17.7 Å². The van der Waals surface area contributed by atoms with Crippen molar-refractivity contribution in [2.24, 2.45) is 0 Å². The number of carbonyl (C=O) groups excluding carboxylic acids is 2. The molecule has 104 valence electrons. The summed E-state index contributed by atoms with van der Waals surface area (Å²) in [7, 11) is 1.45. The number of nitrogens with zero attached hydrogens (tertiary/aromatic N) is 2. The highest BCUT2D eigenvalue weighted by Crippen LogP contribution is 2.44. The predicted octanol–water partition coefficient (Wildman–Crippen LogP) is 1.54. The van der Waals surface area contributed by atoms with Gasteiger partial charge in [-0.2, -0.15) is 5.26 Å². The monoisotopic (exact) mass is 274 g/mol. The summed E-state index contributed by atoms with van der Waals surface area (Å²) in [5.74, 6) is 0.378. The van der Waals surface area contributed by atoms with E-state index in [4.69, 9.17) is 14.7 Å². The Labute approximate surface area is 116 Å². The minimum atomic E-state index is -1.10. The molecular weight excluding hydrogens is 260 g/mol. The molecule has 1 aromatic rings. The summed E-state index contributed by atoms with van der Waals surface area (Å²) in [5, 5.41) is 8.90. The highest BCUT2D eigenvalue weighted by Gasteiger charge is 2.42. The molecule has 0 fully saturated rings. The first kappa shape index (κ1) is 13.9. The summed E-state index contributed by atoms with van der Waals surface area (Å²) in [5.41, 5.74) is -0.378. The van der Waals surface area contributed by atoms with Crippen LogP contribution in [0.5, 0.6) is 11.5 Å². The Morgan fingerprint density at radius 3 is 2.75 bits per heavy atom. The highest BCUT2D eigenvalue weighted by molar-refractivity contribution is 6.04. The first-order chi connectivity index (χ1) is 9.44. The van der Waals surface area contributed by atoms with Gasteiger partial charge in [0.15, 0.2) is 17.1 Å². The van der Waals surface area contributed by atoms with Gasteiger partial charge in [0.05, 0.1) is 18.9 Å². The molecule has 0 atom stereocenters. The number of nitriles is 1. The highest BCUT2D eigenvalue weighted by atomic mass is 16.5. The maximum atomic E-state index is 12.3. The van der Waals surface area contributed by atoms with E-state index < -0.39 is 5.60 Å². The molecule has 1 heterocycles. The lowest BCUT2D eigenvalue weighted by atomic mass is 10.0. The first-order valence-electron chi connectivity index (χ1n) is 5.99. The number of benzene rings is 1. The molecular formula is C14H14N2O4. The number of aldehydes is 1. The third-order valence-corrected chi connectivity index (χ3v) is 3.05. The second kappa shape index (κ2) is 4.85. The molecule has 0 bridgehead atoms. The van der Waals surface area contributed by atoms with Crippen molar-refractivity contribution in [1.29, 1.82) is 5.26 Å². The number of anilines is 1. The van der Waals surface area contributed by atoms with Crippen molar-refractivity contribution in [3.8, 4) is 17.6 Å². The number of ether oxygens (including phenoxy) is 2. The molecule has 0 spiro atoms. The molecule has 0 saturated carbocycles. The number of fused-ring (bicyclic) bond motifs is 1. The van der Waals surface area contributed by atoms with Crippen molar-refractivity contribution in [2.75, 3.05) is 18.6 Å². The van der Waals surface area contributed by atoms with Crippen LogP contribution in [-0.2, 0) is 4.79 Å². The first-order valence-corrected chi connectivity index (χ1v) is 5.99. The molecule has 0 aromatic heterocycles. The number of methoxy groups -OCH3 is 1. The van der Waals surface area contributed by atoms with Crippen LogP contribution in [0.1, 0.15) is 24.2 Å². The largest absolute Gasteiger partial charge is 0.493 e. The molecule has 0 unspecified atom stereocenters. The summed E-state index contributed by atoms with van der Waals surface area (Å²) in [6, 6.07) is 4.98. The van der Waals surface area contributed by atoms with Gasteiger partial charge in [0.25, 0.3) is 5.91 Å². The van der Waals surface area contributed by atoms with Gasteiger partial charge in [0.2, 0.25) is 0 Å². The van der Waals surface area contributed by atoms with Crippen molar-refractivity contribution in [1.82, 2.24) is 0 Å². The molecule has 2 rings (SSSR count). The second-order valence-corrected chi connectivity index (χ2v) is 4.85. The van der Waals surface area contributed by atoms with Crippen molar-refractivity contribution >= 4 is 17.9 Å². The summed E-state index contributed by atoms with van der Waals surface area (Å²) in [4.78, 5) is 24.6. The molecule has 1 aromatic carbocycles. The number of hydrogen-bond donors (Lipinski definition) is 0. The zero-order valence-electron chi connectivity index (χ0n) is 11.5. The topological polar surface area (TPSA) is 79.6 Å². The van der Waals surface area contributed by atoms with E-state index in [0.717, 1.165) is 0 Å². The molecule has 1 aliphatic rings. The van der Waals surface area contributed by atoms with Crippen LogP contribution in [0.4, 0.5) is 5.69 Å². The maximum Gasteiger partial charge on any atom is 0.271 e. The molecule has 1 aliphatic heterocycles. The summed E-state index contributed by atoms with van der Waals surface area (Å²) in [6.07, 6.45) is 0.650. The Morgan fingerprint density at radius 1 is 1.50 bits per heavy atom. The van der Waals surface area contributed by atoms with E-state index in [1.165, 1.54) is 24.1 Å². The number of rotatable bonds is 3. The van der Waals surface area contributed by atoms with E-state index >= 15 is 0 Å². The van der Waals surface area contributed by atoms with Gasteiger partial charge in [0.1, 0.15) is 12.8 Å². The number of amides is 1. The van der Waals surface area contributed by atoms with Crippen LogP contribution in [0.3, 0.4) is 0 Å². The van der Waals surface area contributed by atoms with Crippen LogP contribution in [0.15, 0.2) is 12.1 Å². The minimum absolute atomic E-state index is 0.121. The van der Waals surface area contributed by atoms with Gasteiger partial charge in [-0.05, 0) is 26.0 Å². The van der Waals surface area contributed by atoms with Crippen LogP contribution < -0.4 is 14.4 Å². The van der Waals surface area contributed by atoms with Crippen LogP contribution in [0.2, 0.25) is 0 Å². The number of hydrogen-bond acceptors (Lipinski definition) is 5. The van der Waals surface area contributed by atoms with E-state index in [-0.39, 0.29) is 12.5 Å². The SMILES string of the molecule is COc1cc(C=O)cc2c1OC(C)(C)C(=O)N2CC#N. The fraction of sp³-hybridized carbons (Fsp3) is 0.357. The normalized spacial score (nSPS) is 15.9. The van der Waals surface area contributed by atoms with Gasteiger partial charge in [-0.25, -0.2) is 0 Å². The van der Waals surface area contributed by atoms with Crippen molar-refractivity contribution < 1.29 is 19.1 Å². The summed E-state index contributed by atoms with van der Waals surface area (Å²) < 4.78 is 10.9. The molecule has 6 heteroatoms. The average Bonchev–Trinajstić information content (AvgIpc) is 2.43. The van der Waals surface area contributed by atoms with E-state index in [1.54, 1.807) is 13.8 Å². The van der Waals surface area contributed by atoms with Gasteiger partial charge in [-0.1, -0.05) is 0 Å². The van der Waals surface area contributed by atoms with Crippen LogP contribution in [-0.4, -0.2) is 31.4 Å². The minimum Gasteiger partial charge on any atom is -0.493 e. The van der Waals surface area contributed by atoms with Crippen LogP contribution in [0.25, 0.3) is 0 Å². The molecule has 0 aliphatic carbocycles. The lowest BCUT2D eigenvalue weighted by molar-refractivity contribution is -0.132. The zero-order chi connectivity index (χ0) is 14.9. The smallest absolute Gasteiger partial charge is 0.271 e. The standard InChI is InChI=1S/C14H14N2O4/c1-14(2)13(18)16(5-4-15)10-6-9(8-17)7-11(19-3)12(10)20-14/h6-8H,5H2,1-3H3. The van der Waals surface area contributed by atoms with Gasteiger partial charge in [-0.15, -0.1) is 0 Å². The average molecular weight is 274 g/mol. The summed E-state index contributed by atoms with van der Waals surface area (Å²) >= 11 is 0. The van der Waals surface area contributed by atoms with Gasteiger partial charge in [0, 0.05) is 5.56 Å². The molecule has 0 N–H and O–H groups in total. The lowest BCUT2D eigenvalue weighted by Gasteiger charge is -2.38. The van der Waals surface area contributed by atoms with Crippen molar-refractivity contribution in [2.45, 2.75) is 19.4 Å². The summed E-state index contributed by atoms with van der Waals surface area (Å²) in [6.45, 7) is 3.12. The lowest BCUT2D eigenvalue weighted by Crippen LogP contribution is -2.52. The van der Waals surface area contributed by atoms with E-state index in [2.05, 4.69) is 0 Å². The Kier molecular flexibility index (Phi) is 3.36. The van der Waals surface area contributed by atoms with Crippen LogP contribution >= 0.6 is 0 Å². The van der Waals surface area contributed by atoms with Gasteiger partial charge in [-0.3, -0.25) is 14.5 Å². The molecule has 0 saturated heterocycles. The third-order valence-electron chi connectivity index (χ3n) is 3.05. The fourth-order valence-electron chi connectivity index (χ4n) is 2.09. The van der Waals surface area contributed by atoms with Gasteiger partial charge >= 0.3 is 0 Å². The van der Waals surface area contributed by atoms with Crippen molar-refractivity contribution in [3.63, 3.8) is 0 Å². The Morgan fingerprint density at radius 2 is 2.20 bits per heavy atom. The predicted molar refractivity (Wildman–Crippen MR) is 71.1 cm³/mol. The molecule has 6 nitrogen and oxygen atoms in total.